The van der Waals surface area contributed by atoms with Crippen molar-refractivity contribution in [2.75, 3.05) is 20.3 Å². The summed E-state index contributed by atoms with van der Waals surface area (Å²) in [4.78, 5) is 0. The molecular weight excluding hydrogens is 434 g/mol. The van der Waals surface area contributed by atoms with Gasteiger partial charge in [0.15, 0.2) is 0 Å². The molecule has 3 nitrogen and oxygen atoms in total. The van der Waals surface area contributed by atoms with Gasteiger partial charge in [0.1, 0.15) is 11.5 Å². The largest absolute Gasteiger partial charge is 0.497 e. The van der Waals surface area contributed by atoms with E-state index in [9.17, 15) is 0 Å². The van der Waals surface area contributed by atoms with Gasteiger partial charge in [-0.25, -0.2) is 0 Å². The highest BCUT2D eigenvalue weighted by molar-refractivity contribution is 9.11. The van der Waals surface area contributed by atoms with Crippen LogP contribution in [0.2, 0.25) is 0 Å². The highest BCUT2D eigenvalue weighted by Gasteiger charge is 2.10. The zero-order valence-corrected chi connectivity index (χ0v) is 17.2. The van der Waals surface area contributed by atoms with Crippen molar-refractivity contribution in [3.8, 4) is 11.5 Å². The fourth-order valence-electron chi connectivity index (χ4n) is 2.36. The molecule has 0 bridgehead atoms. The van der Waals surface area contributed by atoms with Crippen LogP contribution in [0.5, 0.6) is 11.5 Å². The molecule has 2 rings (SSSR count). The molecule has 0 aromatic heterocycles. The third-order valence-electron chi connectivity index (χ3n) is 3.60. The van der Waals surface area contributed by atoms with Gasteiger partial charge in [-0.3, -0.25) is 0 Å². The van der Waals surface area contributed by atoms with Gasteiger partial charge in [-0.15, -0.1) is 0 Å². The lowest BCUT2D eigenvalue weighted by molar-refractivity contribution is 0.311. The van der Waals surface area contributed by atoms with Crippen LogP contribution >= 0.6 is 31.9 Å². The molecule has 0 saturated heterocycles. The first-order valence-corrected chi connectivity index (χ1v) is 9.67. The van der Waals surface area contributed by atoms with Crippen molar-refractivity contribution in [1.29, 1.82) is 0 Å². The highest BCUT2D eigenvalue weighted by atomic mass is 79.9. The second-order valence-corrected chi connectivity index (χ2v) is 7.27. The maximum atomic E-state index is 5.89. The summed E-state index contributed by atoms with van der Waals surface area (Å²) in [6.07, 6.45) is 1.97. The van der Waals surface area contributed by atoms with E-state index >= 15 is 0 Å². The van der Waals surface area contributed by atoms with Crippen LogP contribution in [0.4, 0.5) is 0 Å². The molecule has 0 radical (unpaired) electrons. The predicted molar refractivity (Wildman–Crippen MR) is 106 cm³/mol. The van der Waals surface area contributed by atoms with Crippen LogP contribution in [0.25, 0.3) is 0 Å². The Hall–Kier alpha value is -1.04. The minimum absolute atomic E-state index is 0.721. The summed E-state index contributed by atoms with van der Waals surface area (Å²) in [5, 5.41) is 3.50. The summed E-state index contributed by atoms with van der Waals surface area (Å²) in [6, 6.07) is 12.3. The first-order valence-electron chi connectivity index (χ1n) is 8.08. The lowest BCUT2D eigenvalue weighted by atomic mass is 10.1. The van der Waals surface area contributed by atoms with E-state index in [1.165, 1.54) is 5.56 Å². The monoisotopic (exact) mass is 455 g/mol. The van der Waals surface area contributed by atoms with Gasteiger partial charge < -0.3 is 14.8 Å². The average molecular weight is 457 g/mol. The molecule has 24 heavy (non-hydrogen) atoms. The third kappa shape index (κ3) is 5.80. The summed E-state index contributed by atoms with van der Waals surface area (Å²) in [5.74, 6) is 1.82. The van der Waals surface area contributed by atoms with Crippen molar-refractivity contribution in [1.82, 2.24) is 5.32 Å². The smallest absolute Gasteiger partial charge is 0.138 e. The highest BCUT2D eigenvalue weighted by Crippen LogP contribution is 2.33. The molecule has 0 heterocycles. The molecule has 0 aliphatic heterocycles. The Balaban J connectivity index is 1.90. The molecule has 2 aromatic carbocycles. The quantitative estimate of drug-likeness (QED) is 0.516. The van der Waals surface area contributed by atoms with Gasteiger partial charge >= 0.3 is 0 Å². The Labute approximate surface area is 161 Å². The van der Waals surface area contributed by atoms with E-state index in [0.29, 0.717) is 0 Å². The number of ether oxygens (including phenoxy) is 2. The van der Waals surface area contributed by atoms with Gasteiger partial charge in [-0.2, -0.15) is 0 Å². The fourth-order valence-corrected chi connectivity index (χ4v) is 3.79. The fraction of sp³-hybridized carbons (Fsp3) is 0.368. The van der Waals surface area contributed by atoms with Crippen LogP contribution in [0.15, 0.2) is 45.3 Å². The van der Waals surface area contributed by atoms with E-state index in [-0.39, 0.29) is 0 Å². The lowest BCUT2D eigenvalue weighted by Gasteiger charge is -2.14. The molecule has 2 aromatic rings. The Morgan fingerprint density at radius 3 is 2.50 bits per heavy atom. The number of benzene rings is 2. The number of methoxy groups -OCH3 is 1. The molecule has 5 heteroatoms. The Morgan fingerprint density at radius 1 is 1.08 bits per heavy atom. The number of nitrogens with one attached hydrogen (secondary N) is 1. The second kappa shape index (κ2) is 10.1. The van der Waals surface area contributed by atoms with Crippen LogP contribution in [-0.4, -0.2) is 20.3 Å². The molecule has 130 valence electrons. The van der Waals surface area contributed by atoms with Gasteiger partial charge in [0.25, 0.3) is 0 Å². The van der Waals surface area contributed by atoms with Crippen LogP contribution in [-0.2, 0) is 13.0 Å². The van der Waals surface area contributed by atoms with Gasteiger partial charge in [0.05, 0.1) is 18.2 Å². The van der Waals surface area contributed by atoms with E-state index in [2.05, 4.69) is 62.3 Å². The predicted octanol–water partition coefficient (Wildman–Crippen LogP) is 5.34. The summed E-state index contributed by atoms with van der Waals surface area (Å²) in [7, 11) is 1.69. The minimum Gasteiger partial charge on any atom is -0.497 e. The SMILES string of the molecule is CCCOc1c(Br)cc(Br)cc1CNCCc1ccc(OC)cc1. The second-order valence-electron chi connectivity index (χ2n) is 5.50. The van der Waals surface area contributed by atoms with Gasteiger partial charge in [-0.1, -0.05) is 35.0 Å². The van der Waals surface area contributed by atoms with E-state index in [1.54, 1.807) is 7.11 Å². The first kappa shape index (κ1) is 19.3. The maximum Gasteiger partial charge on any atom is 0.138 e. The topological polar surface area (TPSA) is 30.5 Å². The average Bonchev–Trinajstić information content (AvgIpc) is 2.58. The van der Waals surface area contributed by atoms with Crippen LogP contribution < -0.4 is 14.8 Å². The Kier molecular flexibility index (Phi) is 8.09. The number of halogens is 2. The van der Waals surface area contributed by atoms with Crippen LogP contribution in [0.1, 0.15) is 24.5 Å². The Bertz CT molecular complexity index is 645. The van der Waals surface area contributed by atoms with Gasteiger partial charge in [0.2, 0.25) is 0 Å². The summed E-state index contributed by atoms with van der Waals surface area (Å²) < 4.78 is 13.1. The molecule has 0 aliphatic carbocycles. The minimum atomic E-state index is 0.721. The zero-order chi connectivity index (χ0) is 17.4. The zero-order valence-electron chi connectivity index (χ0n) is 14.1. The number of hydrogen-bond acceptors (Lipinski definition) is 3. The van der Waals surface area contributed by atoms with E-state index < -0.39 is 0 Å². The van der Waals surface area contributed by atoms with Gasteiger partial charge in [0, 0.05) is 16.6 Å². The maximum absolute atomic E-state index is 5.89. The lowest BCUT2D eigenvalue weighted by Crippen LogP contribution is -2.17. The van der Waals surface area contributed by atoms with E-state index in [1.807, 2.05) is 18.2 Å². The van der Waals surface area contributed by atoms with Crippen molar-refractivity contribution < 1.29 is 9.47 Å². The molecule has 1 N–H and O–H groups in total. The van der Waals surface area contributed by atoms with Crippen molar-refractivity contribution in [2.45, 2.75) is 26.3 Å². The third-order valence-corrected chi connectivity index (χ3v) is 4.65. The van der Waals surface area contributed by atoms with Crippen LogP contribution in [0.3, 0.4) is 0 Å². The van der Waals surface area contributed by atoms with Crippen molar-refractivity contribution in [3.63, 3.8) is 0 Å². The van der Waals surface area contributed by atoms with Crippen molar-refractivity contribution in [2.24, 2.45) is 0 Å². The molecule has 0 saturated carbocycles. The summed E-state index contributed by atoms with van der Waals surface area (Å²) in [5.41, 5.74) is 2.45. The number of rotatable bonds is 9. The number of hydrogen-bond donors (Lipinski definition) is 1. The normalized spacial score (nSPS) is 10.7. The first-order chi connectivity index (χ1) is 11.6. The molecule has 0 fully saturated rings. The molecular formula is C19H23Br2NO2. The summed E-state index contributed by atoms with van der Waals surface area (Å²) >= 11 is 7.14. The van der Waals surface area contributed by atoms with Crippen molar-refractivity contribution >= 4 is 31.9 Å². The van der Waals surface area contributed by atoms with Crippen molar-refractivity contribution in [3.05, 3.63) is 56.5 Å². The molecule has 0 amide bonds. The summed E-state index contributed by atoms with van der Waals surface area (Å²) in [6.45, 7) is 4.51. The molecule has 0 atom stereocenters. The standard InChI is InChI=1S/C19H23Br2NO2/c1-3-10-24-19-15(11-16(20)12-18(19)21)13-22-9-8-14-4-6-17(23-2)7-5-14/h4-7,11-12,22H,3,8-10,13H2,1-2H3. The van der Waals surface area contributed by atoms with E-state index in [4.69, 9.17) is 9.47 Å². The Morgan fingerprint density at radius 2 is 1.83 bits per heavy atom. The molecule has 0 unspecified atom stereocenters. The van der Waals surface area contributed by atoms with E-state index in [0.717, 1.165) is 58.5 Å². The molecule has 0 aliphatic rings. The van der Waals surface area contributed by atoms with Crippen LogP contribution in [0, 0.1) is 0 Å². The molecule has 0 spiro atoms. The van der Waals surface area contributed by atoms with Gasteiger partial charge in [-0.05, 0) is 65.1 Å².